The van der Waals surface area contributed by atoms with Crippen molar-refractivity contribution < 1.29 is 27.1 Å². The number of nitrogens with two attached hydrogens (primary N) is 1. The monoisotopic (exact) mass is 321 g/mol. The number of halogens is 2. The lowest BCUT2D eigenvalue weighted by Gasteiger charge is -2.31. The molecule has 0 aromatic heterocycles. The number of rotatable bonds is 3. The first kappa shape index (κ1) is 15.6. The van der Waals surface area contributed by atoms with Crippen LogP contribution in [0.4, 0.5) is 8.78 Å². The van der Waals surface area contributed by atoms with E-state index in [4.69, 9.17) is 15.7 Å². The summed E-state index contributed by atoms with van der Waals surface area (Å²) in [6.07, 6.45) is -0.899. The van der Waals surface area contributed by atoms with E-state index in [1.54, 1.807) is 0 Å². The molecule has 0 aliphatic carbocycles. The van der Waals surface area contributed by atoms with Crippen LogP contribution in [0.3, 0.4) is 0 Å². The summed E-state index contributed by atoms with van der Waals surface area (Å²) in [5, 5.41) is 11.3. The Morgan fingerprint density at radius 3 is 2.76 bits per heavy atom. The van der Waals surface area contributed by atoms with Crippen LogP contribution in [-0.2, 0) is 14.8 Å². The van der Waals surface area contributed by atoms with Gasteiger partial charge in [-0.25, -0.2) is 17.2 Å². The molecule has 0 bridgehead atoms. The number of ether oxygens (including phenoxy) is 1. The predicted molar refractivity (Wildman–Crippen MR) is 68.3 cm³/mol. The number of oxime groups is 1. The number of sulfonamides is 1. The van der Waals surface area contributed by atoms with Gasteiger partial charge in [-0.05, 0) is 18.2 Å². The first-order chi connectivity index (χ1) is 9.86. The second-order valence-electron chi connectivity index (χ2n) is 4.32. The van der Waals surface area contributed by atoms with Crippen LogP contribution in [0.25, 0.3) is 0 Å². The Bertz CT molecular complexity index is 665. The normalized spacial score (nSPS) is 21.4. The van der Waals surface area contributed by atoms with Gasteiger partial charge in [0.15, 0.2) is 17.5 Å². The Morgan fingerprint density at radius 2 is 2.14 bits per heavy atom. The standard InChI is InChI=1S/C11H13F2N3O4S/c12-8-2-1-7(5-9(8)13)21(18,19)16-3-4-20-10(6-16)11(14)15-17/h1-2,5,10,17H,3-4,6H2,(H2,14,15). The van der Waals surface area contributed by atoms with Crippen LogP contribution < -0.4 is 5.73 Å². The Labute approximate surface area is 119 Å². The largest absolute Gasteiger partial charge is 0.409 e. The number of hydrogen-bond donors (Lipinski definition) is 2. The average molecular weight is 321 g/mol. The van der Waals surface area contributed by atoms with Crippen LogP contribution >= 0.6 is 0 Å². The maximum absolute atomic E-state index is 13.2. The lowest BCUT2D eigenvalue weighted by Crippen LogP contribution is -2.50. The van der Waals surface area contributed by atoms with Crippen molar-refractivity contribution in [1.82, 2.24) is 4.31 Å². The summed E-state index contributed by atoms with van der Waals surface area (Å²) in [6.45, 7) is -0.127. The number of morpholine rings is 1. The zero-order chi connectivity index (χ0) is 15.6. The highest BCUT2D eigenvalue weighted by atomic mass is 32.2. The van der Waals surface area contributed by atoms with E-state index in [1.807, 2.05) is 0 Å². The number of amidine groups is 1. The van der Waals surface area contributed by atoms with Gasteiger partial charge in [-0.3, -0.25) is 0 Å². The maximum atomic E-state index is 13.2. The van der Waals surface area contributed by atoms with E-state index in [0.717, 1.165) is 16.4 Å². The molecule has 21 heavy (non-hydrogen) atoms. The van der Waals surface area contributed by atoms with Crippen molar-refractivity contribution in [1.29, 1.82) is 0 Å². The first-order valence-corrected chi connectivity index (χ1v) is 7.34. The van der Waals surface area contributed by atoms with Gasteiger partial charge < -0.3 is 15.7 Å². The van der Waals surface area contributed by atoms with E-state index in [9.17, 15) is 17.2 Å². The van der Waals surface area contributed by atoms with E-state index in [0.29, 0.717) is 6.07 Å². The van der Waals surface area contributed by atoms with E-state index in [1.165, 1.54) is 0 Å². The topological polar surface area (TPSA) is 105 Å². The minimum absolute atomic E-state index is 0.0243. The van der Waals surface area contributed by atoms with Crippen LogP contribution in [0.1, 0.15) is 0 Å². The molecule has 7 nitrogen and oxygen atoms in total. The van der Waals surface area contributed by atoms with Crippen molar-refractivity contribution in [2.75, 3.05) is 19.7 Å². The SMILES string of the molecule is NC(=NO)C1CN(S(=O)(=O)c2ccc(F)c(F)c2)CCO1. The minimum atomic E-state index is -4.02. The summed E-state index contributed by atoms with van der Waals surface area (Å²) >= 11 is 0. The highest BCUT2D eigenvalue weighted by molar-refractivity contribution is 7.89. The van der Waals surface area contributed by atoms with Crippen LogP contribution in [-0.4, -0.2) is 49.6 Å². The smallest absolute Gasteiger partial charge is 0.243 e. The maximum Gasteiger partial charge on any atom is 0.243 e. The quantitative estimate of drug-likeness (QED) is 0.355. The van der Waals surface area contributed by atoms with E-state index in [-0.39, 0.29) is 30.4 Å². The van der Waals surface area contributed by atoms with Gasteiger partial charge in [-0.15, -0.1) is 0 Å². The van der Waals surface area contributed by atoms with Gasteiger partial charge >= 0.3 is 0 Å². The Kier molecular flexibility index (Phi) is 4.40. The molecular formula is C11H13F2N3O4S. The predicted octanol–water partition coefficient (Wildman–Crippen LogP) is 0.101. The molecule has 116 valence electrons. The highest BCUT2D eigenvalue weighted by Crippen LogP contribution is 2.20. The summed E-state index contributed by atoms with van der Waals surface area (Å²) in [5.74, 6) is -2.65. The Hall–Kier alpha value is -1.78. The molecule has 1 unspecified atom stereocenters. The summed E-state index contributed by atoms with van der Waals surface area (Å²) in [6, 6.07) is 2.32. The fourth-order valence-electron chi connectivity index (χ4n) is 1.87. The molecule has 1 saturated heterocycles. The lowest BCUT2D eigenvalue weighted by atomic mass is 10.3. The molecular weight excluding hydrogens is 308 g/mol. The molecule has 0 radical (unpaired) electrons. The van der Waals surface area contributed by atoms with Crippen molar-refractivity contribution in [3.05, 3.63) is 29.8 Å². The highest BCUT2D eigenvalue weighted by Gasteiger charge is 2.33. The van der Waals surface area contributed by atoms with Gasteiger partial charge in [0, 0.05) is 13.1 Å². The third-order valence-electron chi connectivity index (χ3n) is 3.00. The molecule has 0 saturated carbocycles. The molecule has 10 heteroatoms. The van der Waals surface area contributed by atoms with Gasteiger partial charge in [0.2, 0.25) is 10.0 Å². The second kappa shape index (κ2) is 5.92. The molecule has 2 rings (SSSR count). The van der Waals surface area contributed by atoms with E-state index in [2.05, 4.69) is 5.16 Å². The van der Waals surface area contributed by atoms with Gasteiger partial charge in [0.25, 0.3) is 0 Å². The van der Waals surface area contributed by atoms with Crippen molar-refractivity contribution in [3.63, 3.8) is 0 Å². The van der Waals surface area contributed by atoms with Crippen LogP contribution in [0.15, 0.2) is 28.3 Å². The van der Waals surface area contributed by atoms with Crippen molar-refractivity contribution in [3.8, 4) is 0 Å². The fraction of sp³-hybridized carbons (Fsp3) is 0.364. The molecule has 1 aliphatic heterocycles. The first-order valence-electron chi connectivity index (χ1n) is 5.90. The molecule has 1 fully saturated rings. The summed E-state index contributed by atoms with van der Waals surface area (Å²) in [5.41, 5.74) is 5.38. The number of hydrogen-bond acceptors (Lipinski definition) is 5. The molecule has 3 N–H and O–H groups in total. The fourth-order valence-corrected chi connectivity index (χ4v) is 3.31. The molecule has 0 amide bonds. The second-order valence-corrected chi connectivity index (χ2v) is 6.26. The Morgan fingerprint density at radius 1 is 1.43 bits per heavy atom. The lowest BCUT2D eigenvalue weighted by molar-refractivity contribution is 0.0355. The van der Waals surface area contributed by atoms with Gasteiger partial charge in [-0.2, -0.15) is 4.31 Å². The van der Waals surface area contributed by atoms with Crippen LogP contribution in [0.2, 0.25) is 0 Å². The van der Waals surface area contributed by atoms with Crippen LogP contribution in [0.5, 0.6) is 0 Å². The molecule has 1 aliphatic rings. The zero-order valence-corrected chi connectivity index (χ0v) is 11.6. The van der Waals surface area contributed by atoms with Gasteiger partial charge in [-0.1, -0.05) is 5.16 Å². The number of benzene rings is 1. The summed E-state index contributed by atoms with van der Waals surface area (Å²) < 4.78 is 56.9. The number of nitrogens with zero attached hydrogens (tertiary/aromatic N) is 2. The summed E-state index contributed by atoms with van der Waals surface area (Å²) in [4.78, 5) is -0.374. The molecule has 1 aromatic rings. The van der Waals surface area contributed by atoms with Crippen molar-refractivity contribution in [2.45, 2.75) is 11.0 Å². The van der Waals surface area contributed by atoms with Crippen molar-refractivity contribution in [2.24, 2.45) is 10.9 Å². The van der Waals surface area contributed by atoms with Gasteiger partial charge in [0.05, 0.1) is 11.5 Å². The zero-order valence-electron chi connectivity index (χ0n) is 10.7. The van der Waals surface area contributed by atoms with Gasteiger partial charge in [0.1, 0.15) is 6.10 Å². The third kappa shape index (κ3) is 3.12. The minimum Gasteiger partial charge on any atom is -0.409 e. The molecule has 1 atom stereocenters. The molecule has 1 aromatic carbocycles. The van der Waals surface area contributed by atoms with E-state index < -0.39 is 27.8 Å². The molecule has 0 spiro atoms. The van der Waals surface area contributed by atoms with E-state index >= 15 is 0 Å². The van der Waals surface area contributed by atoms with Crippen molar-refractivity contribution >= 4 is 15.9 Å². The molecule has 1 heterocycles. The van der Waals surface area contributed by atoms with Crippen LogP contribution in [0, 0.1) is 11.6 Å². The Balaban J connectivity index is 2.28. The summed E-state index contributed by atoms with van der Waals surface area (Å²) in [7, 11) is -4.02. The third-order valence-corrected chi connectivity index (χ3v) is 4.86. The average Bonchev–Trinajstić information content (AvgIpc) is 2.49.